The van der Waals surface area contributed by atoms with E-state index in [2.05, 4.69) is 5.32 Å². The molecule has 0 unspecified atom stereocenters. The average molecular weight is 240 g/mol. The van der Waals surface area contributed by atoms with Crippen LogP contribution in [0.25, 0.3) is 0 Å². The highest BCUT2D eigenvalue weighted by Gasteiger charge is 2.19. The Morgan fingerprint density at radius 2 is 2.19 bits per heavy atom. The Bertz CT molecular complexity index is 360. The molecule has 0 aromatic carbocycles. The van der Waals surface area contributed by atoms with Gasteiger partial charge in [0.25, 0.3) is 5.91 Å². The summed E-state index contributed by atoms with van der Waals surface area (Å²) in [4.78, 5) is 22.8. The minimum atomic E-state index is -0.590. The minimum Gasteiger partial charge on any atom is -0.368 e. The van der Waals surface area contributed by atoms with E-state index >= 15 is 0 Å². The Labute approximate surface area is 98.8 Å². The highest BCUT2D eigenvalue weighted by atomic mass is 32.1. The summed E-state index contributed by atoms with van der Waals surface area (Å²) in [5.74, 6) is -0.428. The fourth-order valence-electron chi connectivity index (χ4n) is 1.35. The van der Waals surface area contributed by atoms with Gasteiger partial charge in [-0.05, 0) is 23.8 Å². The summed E-state index contributed by atoms with van der Waals surface area (Å²) in [6.45, 7) is 3.96. The van der Waals surface area contributed by atoms with Crippen molar-refractivity contribution in [2.75, 3.05) is 0 Å². The quantitative estimate of drug-likeness (QED) is 0.816. The van der Waals surface area contributed by atoms with Crippen molar-refractivity contribution in [2.24, 2.45) is 11.7 Å². The molecule has 16 heavy (non-hydrogen) atoms. The van der Waals surface area contributed by atoms with Gasteiger partial charge in [-0.3, -0.25) is 9.59 Å². The Balaban J connectivity index is 2.62. The smallest absolute Gasteiger partial charge is 0.252 e. The van der Waals surface area contributed by atoms with Gasteiger partial charge in [0.15, 0.2) is 0 Å². The third kappa shape index (κ3) is 3.66. The molecular formula is C11H16N2O2S. The van der Waals surface area contributed by atoms with Crippen molar-refractivity contribution >= 4 is 23.2 Å². The highest BCUT2D eigenvalue weighted by molar-refractivity contribution is 7.08. The Morgan fingerprint density at radius 1 is 1.50 bits per heavy atom. The van der Waals surface area contributed by atoms with E-state index in [1.165, 1.54) is 11.3 Å². The maximum atomic E-state index is 11.7. The van der Waals surface area contributed by atoms with E-state index in [9.17, 15) is 9.59 Å². The van der Waals surface area contributed by atoms with E-state index in [0.717, 1.165) is 0 Å². The molecule has 1 rings (SSSR count). The van der Waals surface area contributed by atoms with Crippen LogP contribution in [0.3, 0.4) is 0 Å². The van der Waals surface area contributed by atoms with E-state index in [-0.39, 0.29) is 5.91 Å². The lowest BCUT2D eigenvalue weighted by atomic mass is 10.0. The van der Waals surface area contributed by atoms with Gasteiger partial charge in [0.05, 0.1) is 5.56 Å². The van der Waals surface area contributed by atoms with Crippen molar-refractivity contribution in [3.63, 3.8) is 0 Å². The molecule has 1 aromatic rings. The summed E-state index contributed by atoms with van der Waals surface area (Å²) in [7, 11) is 0. The zero-order valence-electron chi connectivity index (χ0n) is 9.40. The SMILES string of the molecule is CC(C)C[C@H](NC(=O)c1ccsc1)C(N)=O. The van der Waals surface area contributed by atoms with E-state index < -0.39 is 11.9 Å². The first kappa shape index (κ1) is 12.7. The van der Waals surface area contributed by atoms with Gasteiger partial charge in [-0.1, -0.05) is 13.8 Å². The molecule has 0 saturated carbocycles. The summed E-state index contributed by atoms with van der Waals surface area (Å²) in [5, 5.41) is 6.20. The number of rotatable bonds is 5. The van der Waals surface area contributed by atoms with Crippen LogP contribution in [-0.2, 0) is 4.79 Å². The lowest BCUT2D eigenvalue weighted by Gasteiger charge is -2.16. The molecular weight excluding hydrogens is 224 g/mol. The van der Waals surface area contributed by atoms with Crippen LogP contribution in [0.1, 0.15) is 30.6 Å². The van der Waals surface area contributed by atoms with Gasteiger partial charge in [0, 0.05) is 5.38 Å². The summed E-state index contributed by atoms with van der Waals surface area (Å²) in [6.07, 6.45) is 0.561. The van der Waals surface area contributed by atoms with E-state index in [1.807, 2.05) is 19.2 Å². The van der Waals surface area contributed by atoms with E-state index in [4.69, 9.17) is 5.73 Å². The van der Waals surface area contributed by atoms with Crippen LogP contribution in [0.15, 0.2) is 16.8 Å². The third-order valence-corrected chi connectivity index (χ3v) is 2.82. The molecule has 1 heterocycles. The summed E-state index contributed by atoms with van der Waals surface area (Å²) < 4.78 is 0. The Kier molecular flexibility index (Phi) is 4.49. The molecule has 0 bridgehead atoms. The fraction of sp³-hybridized carbons (Fsp3) is 0.455. The van der Waals surface area contributed by atoms with Crippen LogP contribution in [0.4, 0.5) is 0 Å². The number of hydrogen-bond acceptors (Lipinski definition) is 3. The van der Waals surface area contributed by atoms with E-state index in [1.54, 1.807) is 11.4 Å². The van der Waals surface area contributed by atoms with Crippen LogP contribution in [-0.4, -0.2) is 17.9 Å². The maximum absolute atomic E-state index is 11.7. The second kappa shape index (κ2) is 5.65. The number of nitrogens with two attached hydrogens (primary N) is 1. The fourth-order valence-corrected chi connectivity index (χ4v) is 1.99. The van der Waals surface area contributed by atoms with Crippen LogP contribution in [0.5, 0.6) is 0 Å². The molecule has 5 heteroatoms. The number of nitrogens with one attached hydrogen (secondary N) is 1. The van der Waals surface area contributed by atoms with Crippen LogP contribution in [0, 0.1) is 5.92 Å². The second-order valence-electron chi connectivity index (χ2n) is 4.07. The summed E-state index contributed by atoms with van der Waals surface area (Å²) >= 11 is 1.44. The predicted octanol–water partition coefficient (Wildman–Crippen LogP) is 1.38. The Morgan fingerprint density at radius 3 is 2.62 bits per heavy atom. The summed E-state index contributed by atoms with van der Waals surface area (Å²) in [6, 6.07) is 1.13. The second-order valence-corrected chi connectivity index (χ2v) is 4.85. The number of primary amides is 1. The third-order valence-electron chi connectivity index (χ3n) is 2.14. The van der Waals surface area contributed by atoms with Gasteiger partial charge < -0.3 is 11.1 Å². The van der Waals surface area contributed by atoms with Gasteiger partial charge in [-0.2, -0.15) is 11.3 Å². The van der Waals surface area contributed by atoms with Gasteiger partial charge in [-0.15, -0.1) is 0 Å². The van der Waals surface area contributed by atoms with Crippen molar-refractivity contribution < 1.29 is 9.59 Å². The lowest BCUT2D eigenvalue weighted by Crippen LogP contribution is -2.45. The molecule has 0 aliphatic heterocycles. The van der Waals surface area contributed by atoms with Gasteiger partial charge in [0.2, 0.25) is 5.91 Å². The highest BCUT2D eigenvalue weighted by Crippen LogP contribution is 2.08. The first-order chi connectivity index (χ1) is 7.50. The van der Waals surface area contributed by atoms with Gasteiger partial charge >= 0.3 is 0 Å². The van der Waals surface area contributed by atoms with Crippen molar-refractivity contribution in [1.82, 2.24) is 5.32 Å². The normalized spacial score (nSPS) is 12.4. The molecule has 0 fully saturated rings. The number of carbonyl (C=O) groups is 2. The van der Waals surface area contributed by atoms with Crippen molar-refractivity contribution in [3.8, 4) is 0 Å². The molecule has 1 atom stereocenters. The predicted molar refractivity (Wildman–Crippen MR) is 64.2 cm³/mol. The molecule has 3 N–H and O–H groups in total. The molecule has 0 radical (unpaired) electrons. The molecule has 88 valence electrons. The molecule has 0 aliphatic carbocycles. The lowest BCUT2D eigenvalue weighted by molar-refractivity contribution is -0.120. The standard InChI is InChI=1S/C11H16N2O2S/c1-7(2)5-9(10(12)14)13-11(15)8-3-4-16-6-8/h3-4,6-7,9H,5H2,1-2H3,(H2,12,14)(H,13,15)/t9-/m0/s1. The topological polar surface area (TPSA) is 72.2 Å². The molecule has 0 aliphatic rings. The molecule has 1 aromatic heterocycles. The molecule has 0 saturated heterocycles. The number of thiophene rings is 1. The Hall–Kier alpha value is -1.36. The van der Waals surface area contributed by atoms with Crippen molar-refractivity contribution in [2.45, 2.75) is 26.3 Å². The van der Waals surface area contributed by atoms with Crippen molar-refractivity contribution in [3.05, 3.63) is 22.4 Å². The number of hydrogen-bond donors (Lipinski definition) is 2. The first-order valence-corrected chi connectivity index (χ1v) is 6.07. The van der Waals surface area contributed by atoms with Gasteiger partial charge in [-0.25, -0.2) is 0 Å². The minimum absolute atomic E-state index is 0.245. The van der Waals surface area contributed by atoms with Crippen LogP contribution in [0.2, 0.25) is 0 Å². The van der Waals surface area contributed by atoms with Crippen LogP contribution >= 0.6 is 11.3 Å². The zero-order valence-corrected chi connectivity index (χ0v) is 10.2. The zero-order chi connectivity index (χ0) is 12.1. The first-order valence-electron chi connectivity index (χ1n) is 5.13. The number of carbonyl (C=O) groups excluding carboxylic acids is 2. The largest absolute Gasteiger partial charge is 0.368 e. The molecule has 0 spiro atoms. The summed E-state index contributed by atoms with van der Waals surface area (Å²) in [5.41, 5.74) is 5.81. The molecule has 4 nitrogen and oxygen atoms in total. The van der Waals surface area contributed by atoms with Gasteiger partial charge in [0.1, 0.15) is 6.04 Å². The van der Waals surface area contributed by atoms with Crippen molar-refractivity contribution in [1.29, 1.82) is 0 Å². The number of amides is 2. The van der Waals surface area contributed by atoms with E-state index in [0.29, 0.717) is 17.9 Å². The molecule has 2 amide bonds. The average Bonchev–Trinajstić information content (AvgIpc) is 2.68. The maximum Gasteiger partial charge on any atom is 0.252 e. The monoisotopic (exact) mass is 240 g/mol. The van der Waals surface area contributed by atoms with Crippen LogP contribution < -0.4 is 11.1 Å².